The van der Waals surface area contributed by atoms with Crippen molar-refractivity contribution >= 4 is 29.9 Å². The number of aryl methyl sites for hydroxylation is 1. The van der Waals surface area contributed by atoms with E-state index in [1.54, 1.807) is 19.2 Å². The molecule has 0 bridgehead atoms. The summed E-state index contributed by atoms with van der Waals surface area (Å²) in [7, 11) is 1.70. The number of aliphatic imine (C=N–C) groups is 1. The molecular weight excluding hydrogens is 465 g/mol. The summed E-state index contributed by atoms with van der Waals surface area (Å²) in [6, 6.07) is 5.18. The molecule has 1 aromatic rings. The standard InChI is InChI=1S/C19H30F2N4O.HI/c1-14-6-7-17(26-18(20)21)16(10-14)12-24-19(22-3)23-11-15(2)13-25-8-4-5-9-25;/h6-7,10,15,18H,4-5,8-9,11-13H2,1-3H3,(H2,22,23,24);1H. The average molecular weight is 496 g/mol. The van der Waals surface area contributed by atoms with Crippen molar-refractivity contribution in [3.63, 3.8) is 0 Å². The van der Waals surface area contributed by atoms with Crippen LogP contribution in [-0.2, 0) is 6.54 Å². The highest BCUT2D eigenvalue weighted by Gasteiger charge is 2.15. The quantitative estimate of drug-likeness (QED) is 0.328. The van der Waals surface area contributed by atoms with E-state index in [4.69, 9.17) is 0 Å². The molecule has 1 unspecified atom stereocenters. The molecule has 1 saturated heterocycles. The molecule has 154 valence electrons. The number of likely N-dealkylation sites (tertiary alicyclic amines) is 1. The van der Waals surface area contributed by atoms with E-state index < -0.39 is 6.61 Å². The van der Waals surface area contributed by atoms with Crippen LogP contribution in [0.1, 0.15) is 30.9 Å². The van der Waals surface area contributed by atoms with Gasteiger partial charge in [0.25, 0.3) is 0 Å². The molecule has 0 amide bonds. The molecule has 1 aliphatic rings. The number of halogens is 3. The molecule has 0 radical (unpaired) electrons. The first-order valence-corrected chi connectivity index (χ1v) is 9.19. The van der Waals surface area contributed by atoms with Gasteiger partial charge in [-0.15, -0.1) is 24.0 Å². The minimum atomic E-state index is -2.83. The van der Waals surface area contributed by atoms with Gasteiger partial charge >= 0.3 is 6.61 Å². The van der Waals surface area contributed by atoms with Gasteiger partial charge in [-0.05, 0) is 44.8 Å². The average Bonchev–Trinajstić information content (AvgIpc) is 3.09. The Morgan fingerprint density at radius 2 is 1.96 bits per heavy atom. The molecule has 1 atom stereocenters. The predicted molar refractivity (Wildman–Crippen MR) is 116 cm³/mol. The van der Waals surface area contributed by atoms with Crippen molar-refractivity contribution in [2.75, 3.05) is 33.2 Å². The van der Waals surface area contributed by atoms with Crippen molar-refractivity contribution in [1.82, 2.24) is 15.5 Å². The first-order chi connectivity index (χ1) is 12.5. The van der Waals surface area contributed by atoms with E-state index in [9.17, 15) is 8.78 Å². The minimum Gasteiger partial charge on any atom is -0.434 e. The van der Waals surface area contributed by atoms with Gasteiger partial charge in [0.05, 0.1) is 0 Å². The highest BCUT2D eigenvalue weighted by atomic mass is 127. The molecule has 5 nitrogen and oxygen atoms in total. The molecule has 0 saturated carbocycles. The summed E-state index contributed by atoms with van der Waals surface area (Å²) in [4.78, 5) is 6.70. The molecule has 1 fully saturated rings. The van der Waals surface area contributed by atoms with E-state index in [0.717, 1.165) is 18.7 Å². The normalized spacial score (nSPS) is 16.1. The predicted octanol–water partition coefficient (Wildman–Crippen LogP) is 3.61. The van der Waals surface area contributed by atoms with Gasteiger partial charge in [-0.25, -0.2) is 0 Å². The number of rotatable bonds is 8. The number of nitrogens with one attached hydrogen (secondary N) is 2. The number of nitrogens with zero attached hydrogens (tertiary/aromatic N) is 2. The number of benzene rings is 1. The van der Waals surface area contributed by atoms with E-state index in [-0.39, 0.29) is 29.7 Å². The van der Waals surface area contributed by atoms with Gasteiger partial charge in [0.2, 0.25) is 0 Å². The van der Waals surface area contributed by atoms with E-state index in [2.05, 4.69) is 32.2 Å². The zero-order valence-electron chi connectivity index (χ0n) is 16.3. The van der Waals surface area contributed by atoms with Crippen molar-refractivity contribution in [2.24, 2.45) is 10.9 Å². The maximum Gasteiger partial charge on any atom is 0.387 e. The second-order valence-electron chi connectivity index (χ2n) is 6.91. The Morgan fingerprint density at radius 1 is 1.26 bits per heavy atom. The highest BCUT2D eigenvalue weighted by Crippen LogP contribution is 2.22. The fourth-order valence-corrected chi connectivity index (χ4v) is 3.20. The Labute approximate surface area is 178 Å². The summed E-state index contributed by atoms with van der Waals surface area (Å²) < 4.78 is 29.7. The van der Waals surface area contributed by atoms with Crippen molar-refractivity contribution in [3.05, 3.63) is 29.3 Å². The molecule has 8 heteroatoms. The van der Waals surface area contributed by atoms with Crippen LogP contribution in [0.5, 0.6) is 5.75 Å². The van der Waals surface area contributed by atoms with Crippen molar-refractivity contribution in [1.29, 1.82) is 0 Å². The molecule has 1 aromatic carbocycles. The lowest BCUT2D eigenvalue weighted by Crippen LogP contribution is -2.41. The SMILES string of the molecule is CN=C(NCc1cc(C)ccc1OC(F)F)NCC(C)CN1CCCC1.I. The first kappa shape index (κ1) is 23.9. The van der Waals surface area contributed by atoms with E-state index in [1.807, 2.05) is 13.0 Å². The third-order valence-electron chi connectivity index (χ3n) is 4.49. The molecular formula is C19H31F2IN4O. The molecule has 0 aromatic heterocycles. The van der Waals surface area contributed by atoms with Gasteiger partial charge in [-0.1, -0.05) is 24.6 Å². The van der Waals surface area contributed by atoms with Crippen molar-refractivity contribution < 1.29 is 13.5 Å². The van der Waals surface area contributed by atoms with Crippen LogP contribution in [0.4, 0.5) is 8.78 Å². The topological polar surface area (TPSA) is 48.9 Å². The Morgan fingerprint density at radius 3 is 2.59 bits per heavy atom. The number of guanidine groups is 1. The van der Waals surface area contributed by atoms with Crippen molar-refractivity contribution in [3.8, 4) is 5.75 Å². The minimum absolute atomic E-state index is 0. The highest BCUT2D eigenvalue weighted by molar-refractivity contribution is 14.0. The zero-order valence-corrected chi connectivity index (χ0v) is 18.6. The number of ether oxygens (including phenoxy) is 1. The molecule has 2 rings (SSSR count). The Balaban J connectivity index is 0.00000364. The molecule has 1 heterocycles. The summed E-state index contributed by atoms with van der Waals surface area (Å²) in [5.74, 6) is 1.35. The van der Waals surface area contributed by atoms with Gasteiger partial charge in [0.1, 0.15) is 5.75 Å². The van der Waals surface area contributed by atoms with Gasteiger partial charge in [-0.2, -0.15) is 8.78 Å². The smallest absolute Gasteiger partial charge is 0.387 e. The summed E-state index contributed by atoms with van der Waals surface area (Å²) >= 11 is 0. The van der Waals surface area contributed by atoms with Gasteiger partial charge in [0.15, 0.2) is 5.96 Å². The van der Waals surface area contributed by atoms with Crippen LogP contribution in [0.25, 0.3) is 0 Å². The maximum atomic E-state index is 12.6. The van der Waals surface area contributed by atoms with E-state index >= 15 is 0 Å². The number of hydrogen-bond donors (Lipinski definition) is 2. The summed E-state index contributed by atoms with van der Waals surface area (Å²) in [6.07, 6.45) is 2.59. The molecule has 27 heavy (non-hydrogen) atoms. The maximum absolute atomic E-state index is 12.6. The van der Waals surface area contributed by atoms with Gasteiger partial charge in [-0.3, -0.25) is 4.99 Å². The largest absolute Gasteiger partial charge is 0.434 e. The number of hydrogen-bond acceptors (Lipinski definition) is 3. The van der Waals surface area contributed by atoms with Crippen LogP contribution in [0, 0.1) is 12.8 Å². The lowest BCUT2D eigenvalue weighted by molar-refractivity contribution is -0.0504. The molecule has 1 aliphatic heterocycles. The van der Waals surface area contributed by atoms with Gasteiger partial charge < -0.3 is 20.3 Å². The van der Waals surface area contributed by atoms with Crippen LogP contribution in [0.2, 0.25) is 0 Å². The van der Waals surface area contributed by atoms with Crippen LogP contribution in [-0.4, -0.2) is 50.7 Å². The Kier molecular flexibility index (Phi) is 10.9. The molecule has 0 spiro atoms. The fourth-order valence-electron chi connectivity index (χ4n) is 3.20. The fraction of sp³-hybridized carbons (Fsp3) is 0.632. The van der Waals surface area contributed by atoms with Crippen LogP contribution in [0.3, 0.4) is 0 Å². The summed E-state index contributed by atoms with van der Waals surface area (Å²) in [6.45, 7) is 5.94. The Bertz CT molecular complexity index is 595. The van der Waals surface area contributed by atoms with Crippen molar-refractivity contribution in [2.45, 2.75) is 39.8 Å². The lowest BCUT2D eigenvalue weighted by atomic mass is 10.1. The Hall–Kier alpha value is -1.16. The zero-order chi connectivity index (χ0) is 18.9. The lowest BCUT2D eigenvalue weighted by Gasteiger charge is -2.21. The van der Waals surface area contributed by atoms with E-state index in [1.165, 1.54) is 25.9 Å². The van der Waals surface area contributed by atoms with Crippen LogP contribution >= 0.6 is 24.0 Å². The molecule has 0 aliphatic carbocycles. The first-order valence-electron chi connectivity index (χ1n) is 9.19. The second kappa shape index (κ2) is 12.3. The monoisotopic (exact) mass is 496 g/mol. The molecule has 2 N–H and O–H groups in total. The van der Waals surface area contributed by atoms with E-state index in [0.29, 0.717) is 24.0 Å². The second-order valence-corrected chi connectivity index (χ2v) is 6.91. The van der Waals surface area contributed by atoms with Crippen LogP contribution < -0.4 is 15.4 Å². The third kappa shape index (κ3) is 8.59. The van der Waals surface area contributed by atoms with Gasteiger partial charge in [0, 0.05) is 32.2 Å². The third-order valence-corrected chi connectivity index (χ3v) is 4.49. The summed E-state index contributed by atoms with van der Waals surface area (Å²) in [5, 5.41) is 6.49. The van der Waals surface area contributed by atoms with Crippen LogP contribution in [0.15, 0.2) is 23.2 Å². The summed E-state index contributed by atoms with van der Waals surface area (Å²) in [5.41, 5.74) is 1.67. The number of alkyl halides is 2.